The van der Waals surface area contributed by atoms with Gasteiger partial charge in [0.05, 0.1) is 0 Å². The summed E-state index contributed by atoms with van der Waals surface area (Å²) in [5, 5.41) is 3.09. The van der Waals surface area contributed by atoms with Crippen LogP contribution in [0.4, 0.5) is 0 Å². The molecule has 3 rings (SSSR count). The standard InChI is InChI=1S/C15H15N3O/c1-3-12-9-13(19)18-15(16-12)14(10(2)17-18)11-7-5-4-6-8-11/h4-9,17H,3H2,1-2H3. The smallest absolute Gasteiger partial charge is 0.272 e. The average molecular weight is 253 g/mol. The number of rotatable bonds is 2. The third-order valence-electron chi connectivity index (χ3n) is 3.27. The Kier molecular flexibility index (Phi) is 2.71. The summed E-state index contributed by atoms with van der Waals surface area (Å²) in [6, 6.07) is 11.6. The molecule has 2 heterocycles. The Balaban J connectivity index is 2.39. The van der Waals surface area contributed by atoms with Crippen molar-refractivity contribution in [3.63, 3.8) is 0 Å². The van der Waals surface area contributed by atoms with Gasteiger partial charge in [-0.1, -0.05) is 37.3 Å². The molecule has 0 unspecified atom stereocenters. The van der Waals surface area contributed by atoms with Gasteiger partial charge in [0, 0.05) is 23.0 Å². The van der Waals surface area contributed by atoms with Crippen molar-refractivity contribution in [3.05, 3.63) is 58.1 Å². The van der Waals surface area contributed by atoms with Gasteiger partial charge >= 0.3 is 0 Å². The van der Waals surface area contributed by atoms with Crippen molar-refractivity contribution < 1.29 is 0 Å². The molecule has 1 N–H and O–H groups in total. The van der Waals surface area contributed by atoms with E-state index >= 15 is 0 Å². The second kappa shape index (κ2) is 4.39. The molecule has 0 radical (unpaired) electrons. The van der Waals surface area contributed by atoms with E-state index in [2.05, 4.69) is 10.1 Å². The molecule has 0 aliphatic carbocycles. The molecule has 0 spiro atoms. The average Bonchev–Trinajstić information content (AvgIpc) is 2.76. The molecule has 0 saturated carbocycles. The van der Waals surface area contributed by atoms with Crippen LogP contribution >= 0.6 is 0 Å². The molecule has 0 aliphatic heterocycles. The van der Waals surface area contributed by atoms with Crippen molar-refractivity contribution in [1.82, 2.24) is 14.6 Å². The SMILES string of the molecule is CCc1cc(=O)n2[nH]c(C)c(-c3ccccc3)c2n1. The summed E-state index contributed by atoms with van der Waals surface area (Å²) < 4.78 is 1.51. The zero-order valence-electron chi connectivity index (χ0n) is 11.0. The normalized spacial score (nSPS) is 11.1. The molecular weight excluding hydrogens is 238 g/mol. The minimum atomic E-state index is -0.0628. The highest BCUT2D eigenvalue weighted by Crippen LogP contribution is 2.26. The van der Waals surface area contributed by atoms with E-state index in [1.165, 1.54) is 4.52 Å². The van der Waals surface area contributed by atoms with Gasteiger partial charge in [-0.05, 0) is 18.9 Å². The molecule has 2 aromatic heterocycles. The summed E-state index contributed by atoms with van der Waals surface area (Å²) in [4.78, 5) is 16.6. The zero-order chi connectivity index (χ0) is 13.4. The fourth-order valence-electron chi connectivity index (χ4n) is 2.33. The van der Waals surface area contributed by atoms with Gasteiger partial charge in [0.25, 0.3) is 5.56 Å². The zero-order valence-corrected chi connectivity index (χ0v) is 11.0. The molecule has 4 nitrogen and oxygen atoms in total. The maximum absolute atomic E-state index is 12.0. The molecule has 1 aromatic carbocycles. The van der Waals surface area contributed by atoms with Gasteiger partial charge in [0.1, 0.15) is 0 Å². The molecule has 3 aromatic rings. The quantitative estimate of drug-likeness (QED) is 0.763. The fourth-order valence-corrected chi connectivity index (χ4v) is 2.33. The lowest BCUT2D eigenvalue weighted by molar-refractivity contribution is 0.862. The van der Waals surface area contributed by atoms with E-state index < -0.39 is 0 Å². The number of nitrogens with zero attached hydrogens (tertiary/aromatic N) is 2. The fraction of sp³-hybridized carbons (Fsp3) is 0.200. The molecule has 0 saturated heterocycles. The predicted molar refractivity (Wildman–Crippen MR) is 75.4 cm³/mol. The van der Waals surface area contributed by atoms with Crippen LogP contribution in [0.1, 0.15) is 18.3 Å². The van der Waals surface area contributed by atoms with E-state index in [4.69, 9.17) is 0 Å². The summed E-state index contributed by atoms with van der Waals surface area (Å²) in [5.74, 6) is 0. The first-order valence-electron chi connectivity index (χ1n) is 6.37. The predicted octanol–water partition coefficient (Wildman–Crippen LogP) is 2.56. The van der Waals surface area contributed by atoms with Gasteiger partial charge in [0.15, 0.2) is 5.65 Å². The van der Waals surface area contributed by atoms with Crippen LogP contribution in [0.15, 0.2) is 41.2 Å². The van der Waals surface area contributed by atoms with Crippen molar-refractivity contribution in [2.24, 2.45) is 0 Å². The van der Waals surface area contributed by atoms with Crippen molar-refractivity contribution in [1.29, 1.82) is 0 Å². The van der Waals surface area contributed by atoms with Gasteiger partial charge in [-0.2, -0.15) is 0 Å². The molecule has 0 bridgehead atoms. The van der Waals surface area contributed by atoms with Gasteiger partial charge < -0.3 is 0 Å². The second-order valence-electron chi connectivity index (χ2n) is 4.58. The van der Waals surface area contributed by atoms with Crippen LogP contribution in [0.25, 0.3) is 16.8 Å². The second-order valence-corrected chi connectivity index (χ2v) is 4.58. The van der Waals surface area contributed by atoms with Crippen molar-refractivity contribution in [2.45, 2.75) is 20.3 Å². The lowest BCUT2D eigenvalue weighted by Crippen LogP contribution is -2.15. The van der Waals surface area contributed by atoms with Gasteiger partial charge in [-0.3, -0.25) is 9.89 Å². The summed E-state index contributed by atoms with van der Waals surface area (Å²) >= 11 is 0. The molecule has 4 heteroatoms. The minimum Gasteiger partial charge on any atom is -0.293 e. The topological polar surface area (TPSA) is 50.2 Å². The van der Waals surface area contributed by atoms with E-state index in [1.807, 2.05) is 44.2 Å². The lowest BCUT2D eigenvalue weighted by Gasteiger charge is -2.01. The Hall–Kier alpha value is -2.36. The number of aromatic amines is 1. The summed E-state index contributed by atoms with van der Waals surface area (Å²) in [5.41, 5.74) is 4.47. The number of aryl methyl sites for hydroxylation is 2. The van der Waals surface area contributed by atoms with E-state index in [9.17, 15) is 4.79 Å². The molecule has 0 aliphatic rings. The number of hydrogen-bond acceptors (Lipinski definition) is 2. The third-order valence-corrected chi connectivity index (χ3v) is 3.27. The van der Waals surface area contributed by atoms with Crippen LogP contribution in [0.2, 0.25) is 0 Å². The van der Waals surface area contributed by atoms with Gasteiger partial charge in [0.2, 0.25) is 0 Å². The molecule has 96 valence electrons. The highest BCUT2D eigenvalue weighted by molar-refractivity contribution is 5.79. The number of aromatic nitrogens is 3. The van der Waals surface area contributed by atoms with Crippen LogP contribution in [0, 0.1) is 6.92 Å². The van der Waals surface area contributed by atoms with Gasteiger partial charge in [-0.25, -0.2) is 9.50 Å². The number of hydrogen-bond donors (Lipinski definition) is 1. The maximum atomic E-state index is 12.0. The Labute approximate surface area is 110 Å². The molecule has 19 heavy (non-hydrogen) atoms. The molecule has 0 amide bonds. The van der Waals surface area contributed by atoms with Crippen LogP contribution in [0.5, 0.6) is 0 Å². The largest absolute Gasteiger partial charge is 0.293 e. The van der Waals surface area contributed by atoms with Crippen LogP contribution < -0.4 is 5.56 Å². The number of nitrogens with one attached hydrogen (secondary N) is 1. The van der Waals surface area contributed by atoms with E-state index in [0.717, 1.165) is 28.9 Å². The first-order chi connectivity index (χ1) is 9.20. The maximum Gasteiger partial charge on any atom is 0.272 e. The van der Waals surface area contributed by atoms with E-state index in [-0.39, 0.29) is 5.56 Å². The summed E-state index contributed by atoms with van der Waals surface area (Å²) in [7, 11) is 0. The van der Waals surface area contributed by atoms with Crippen molar-refractivity contribution in [3.8, 4) is 11.1 Å². The van der Waals surface area contributed by atoms with Crippen molar-refractivity contribution in [2.75, 3.05) is 0 Å². The first kappa shape index (κ1) is 11.7. The molecule has 0 atom stereocenters. The molecule has 0 fully saturated rings. The highest BCUT2D eigenvalue weighted by atomic mass is 16.1. The summed E-state index contributed by atoms with van der Waals surface area (Å²) in [6.07, 6.45) is 0.754. The van der Waals surface area contributed by atoms with Crippen LogP contribution in [-0.4, -0.2) is 14.6 Å². The Bertz CT molecular complexity index is 784. The first-order valence-corrected chi connectivity index (χ1v) is 6.37. The molecular formula is C15H15N3O. The third kappa shape index (κ3) is 1.85. The Morgan fingerprint density at radius 1 is 1.26 bits per heavy atom. The highest BCUT2D eigenvalue weighted by Gasteiger charge is 2.13. The van der Waals surface area contributed by atoms with Crippen LogP contribution in [-0.2, 0) is 6.42 Å². The van der Waals surface area contributed by atoms with Crippen molar-refractivity contribution >= 4 is 5.65 Å². The monoisotopic (exact) mass is 253 g/mol. The summed E-state index contributed by atoms with van der Waals surface area (Å²) in [6.45, 7) is 3.96. The van der Waals surface area contributed by atoms with Crippen LogP contribution in [0.3, 0.4) is 0 Å². The number of benzene rings is 1. The Morgan fingerprint density at radius 2 is 2.00 bits per heavy atom. The number of fused-ring (bicyclic) bond motifs is 1. The lowest BCUT2D eigenvalue weighted by atomic mass is 10.1. The minimum absolute atomic E-state index is 0.0628. The van der Waals surface area contributed by atoms with E-state index in [0.29, 0.717) is 5.65 Å². The number of H-pyrrole nitrogens is 1. The van der Waals surface area contributed by atoms with Gasteiger partial charge in [-0.15, -0.1) is 0 Å². The van der Waals surface area contributed by atoms with E-state index in [1.54, 1.807) is 6.07 Å². The Morgan fingerprint density at radius 3 is 2.68 bits per heavy atom.